The van der Waals surface area contributed by atoms with Crippen molar-refractivity contribution in [2.24, 2.45) is 5.41 Å². The first-order valence-corrected chi connectivity index (χ1v) is 17.5. The number of rotatable bonds is 6. The number of halogens is 3. The molecule has 3 nitrogen and oxygen atoms in total. The summed E-state index contributed by atoms with van der Waals surface area (Å²) in [5, 5.41) is 11.9. The van der Waals surface area contributed by atoms with Crippen molar-refractivity contribution in [2.75, 3.05) is 0 Å². The summed E-state index contributed by atoms with van der Waals surface area (Å²) < 4.78 is 48.1. The zero-order valence-electron chi connectivity index (χ0n) is 25.5. The van der Waals surface area contributed by atoms with Gasteiger partial charge in [0.15, 0.2) is 8.32 Å². The number of benzene rings is 1. The molecule has 0 aliphatic heterocycles. The van der Waals surface area contributed by atoms with E-state index in [1.807, 2.05) is 13.8 Å². The third kappa shape index (κ3) is 6.12. The van der Waals surface area contributed by atoms with Gasteiger partial charge in [0.25, 0.3) is 0 Å². The van der Waals surface area contributed by atoms with Gasteiger partial charge in [0, 0.05) is 28.4 Å². The number of nitrogens with zero attached hydrogens (tertiary/aromatic N) is 1. The molecule has 4 rings (SSSR count). The normalized spacial score (nSPS) is 22.1. The lowest BCUT2D eigenvalue weighted by Crippen LogP contribution is -2.44. The van der Waals surface area contributed by atoms with E-state index in [4.69, 9.17) is 9.41 Å². The molecule has 1 aromatic heterocycles. The highest BCUT2D eigenvalue weighted by atomic mass is 28.4. The van der Waals surface area contributed by atoms with E-state index in [1.54, 1.807) is 6.07 Å². The van der Waals surface area contributed by atoms with E-state index in [9.17, 15) is 18.3 Å². The minimum absolute atomic E-state index is 0.00780. The van der Waals surface area contributed by atoms with Crippen LogP contribution in [0.5, 0.6) is 0 Å². The summed E-state index contributed by atoms with van der Waals surface area (Å²) in [4.78, 5) is 5.23. The molecule has 2 aliphatic carbocycles. The Morgan fingerprint density at radius 3 is 2.33 bits per heavy atom. The van der Waals surface area contributed by atoms with Gasteiger partial charge in [-0.2, -0.15) is 13.2 Å². The topological polar surface area (TPSA) is 42.4 Å². The molecule has 40 heavy (non-hydrogen) atoms. The fraction of sp³-hybridized carbons (Fsp3) is 0.606. The van der Waals surface area contributed by atoms with Crippen LogP contribution in [0.3, 0.4) is 0 Å². The van der Waals surface area contributed by atoms with Gasteiger partial charge in [-0.3, -0.25) is 4.98 Å². The van der Waals surface area contributed by atoms with Crippen molar-refractivity contribution in [3.05, 3.63) is 75.6 Å². The van der Waals surface area contributed by atoms with Crippen LogP contribution in [0.1, 0.15) is 131 Å². The van der Waals surface area contributed by atoms with Crippen molar-refractivity contribution < 1.29 is 22.7 Å². The number of hydrogen-bond acceptors (Lipinski definition) is 3. The summed E-state index contributed by atoms with van der Waals surface area (Å²) in [5.74, 6) is 0.0334. The summed E-state index contributed by atoms with van der Waals surface area (Å²) in [6.07, 6.45) is 1.91. The molecule has 0 amide bonds. The van der Waals surface area contributed by atoms with Crippen LogP contribution in [-0.2, 0) is 17.0 Å². The van der Waals surface area contributed by atoms with Crippen LogP contribution in [0.2, 0.25) is 18.1 Å². The smallest absolute Gasteiger partial charge is 0.410 e. The van der Waals surface area contributed by atoms with E-state index in [2.05, 4.69) is 59.9 Å². The highest BCUT2D eigenvalue weighted by Gasteiger charge is 2.45. The first kappa shape index (κ1) is 31.0. The van der Waals surface area contributed by atoms with Crippen LogP contribution in [0.4, 0.5) is 13.2 Å². The standard InChI is InChI=1S/C33H46F3NO2Si/c1-20(2)29-28(30(38)22-15-12-16-23(17-22)33(34,35)36)26(21-13-10-11-14-21)27-24(37-29)18-32(6,7)19-25(27)39-40(8,9)31(3,4)5/h10,12-13,15-17,20-21,25,30,38H,11,14,18-19H2,1-9H3/t21?,25?,30-/m1/s1. The van der Waals surface area contributed by atoms with Crippen LogP contribution in [0.15, 0.2) is 36.4 Å². The van der Waals surface area contributed by atoms with Crippen LogP contribution in [0, 0.1) is 5.41 Å². The Morgan fingerprint density at radius 2 is 1.77 bits per heavy atom. The number of pyridine rings is 1. The average molecular weight is 574 g/mol. The first-order chi connectivity index (χ1) is 18.3. The quantitative estimate of drug-likeness (QED) is 0.276. The fourth-order valence-corrected chi connectivity index (χ4v) is 7.28. The van der Waals surface area contributed by atoms with Crippen LogP contribution >= 0.6 is 0 Å². The number of aromatic nitrogens is 1. The molecule has 220 valence electrons. The minimum Gasteiger partial charge on any atom is -0.410 e. The second kappa shape index (κ2) is 10.7. The number of aliphatic hydroxyl groups excluding tert-OH is 1. The Hall–Kier alpha value is -1.96. The molecule has 1 heterocycles. The third-order valence-corrected chi connectivity index (χ3v) is 13.6. The van der Waals surface area contributed by atoms with Crippen LogP contribution in [0.25, 0.3) is 0 Å². The first-order valence-electron chi connectivity index (χ1n) is 14.6. The predicted molar refractivity (Wildman–Crippen MR) is 158 cm³/mol. The zero-order valence-corrected chi connectivity index (χ0v) is 26.5. The molecule has 2 aliphatic rings. The molecule has 1 aromatic carbocycles. The largest absolute Gasteiger partial charge is 0.416 e. The molecule has 0 radical (unpaired) electrons. The van der Waals surface area contributed by atoms with Crippen LogP contribution in [-0.4, -0.2) is 18.4 Å². The number of alkyl halides is 3. The van der Waals surface area contributed by atoms with Gasteiger partial charge in [0.05, 0.1) is 11.7 Å². The SMILES string of the molecule is CC(C)c1nc2c(c(C3C=CCC3)c1[C@H](O)c1cccc(C(F)(F)F)c1)C(O[Si](C)(C)C(C)(C)C)CC(C)(C)C2. The Morgan fingerprint density at radius 1 is 1.10 bits per heavy atom. The van der Waals surface area contributed by atoms with Gasteiger partial charge in [-0.1, -0.05) is 72.8 Å². The lowest BCUT2D eigenvalue weighted by molar-refractivity contribution is -0.137. The van der Waals surface area contributed by atoms with Gasteiger partial charge in [-0.25, -0.2) is 0 Å². The molecule has 1 N–H and O–H groups in total. The van der Waals surface area contributed by atoms with E-state index >= 15 is 0 Å². The Bertz CT molecular complexity index is 1270. The Balaban J connectivity index is 2.01. The van der Waals surface area contributed by atoms with Crippen molar-refractivity contribution in [2.45, 2.75) is 123 Å². The monoisotopic (exact) mass is 573 g/mol. The van der Waals surface area contributed by atoms with Gasteiger partial charge >= 0.3 is 6.18 Å². The lowest BCUT2D eigenvalue weighted by atomic mass is 9.70. The molecule has 0 saturated carbocycles. The Labute approximate surface area is 239 Å². The summed E-state index contributed by atoms with van der Waals surface area (Å²) in [7, 11) is -2.19. The second-order valence-corrected chi connectivity index (χ2v) is 19.1. The molecule has 2 unspecified atom stereocenters. The van der Waals surface area contributed by atoms with E-state index in [1.165, 1.54) is 6.07 Å². The molecule has 0 bridgehead atoms. The lowest BCUT2D eigenvalue weighted by Gasteiger charge is -2.45. The second-order valence-electron chi connectivity index (χ2n) is 14.4. The molecule has 0 fully saturated rings. The van der Waals surface area contributed by atoms with E-state index in [-0.39, 0.29) is 34.0 Å². The summed E-state index contributed by atoms with van der Waals surface area (Å²) >= 11 is 0. The third-order valence-electron chi connectivity index (χ3n) is 9.11. The highest BCUT2D eigenvalue weighted by Crippen LogP contribution is 2.52. The van der Waals surface area contributed by atoms with Crippen LogP contribution < -0.4 is 0 Å². The molecular weight excluding hydrogens is 527 g/mol. The van der Waals surface area contributed by atoms with E-state index < -0.39 is 26.2 Å². The number of hydrogen-bond donors (Lipinski definition) is 1. The highest BCUT2D eigenvalue weighted by molar-refractivity contribution is 6.74. The van der Waals surface area contributed by atoms with E-state index in [0.717, 1.165) is 60.3 Å². The number of aliphatic hydroxyl groups is 1. The molecule has 7 heteroatoms. The van der Waals surface area contributed by atoms with Crippen molar-refractivity contribution in [3.8, 4) is 0 Å². The molecule has 0 saturated heterocycles. The summed E-state index contributed by atoms with van der Waals surface area (Å²) in [6.45, 7) is 19.8. The maximum Gasteiger partial charge on any atom is 0.416 e. The molecule has 3 atom stereocenters. The average Bonchev–Trinajstić information content (AvgIpc) is 3.35. The maximum atomic E-state index is 13.7. The van der Waals surface area contributed by atoms with Crippen molar-refractivity contribution in [3.63, 3.8) is 0 Å². The fourth-order valence-electron chi connectivity index (χ4n) is 6.01. The summed E-state index contributed by atoms with van der Waals surface area (Å²) in [6, 6.07) is 5.10. The Kier molecular flexibility index (Phi) is 8.29. The van der Waals surface area contributed by atoms with Gasteiger partial charge in [0.1, 0.15) is 6.10 Å². The molecule has 2 aromatic rings. The van der Waals surface area contributed by atoms with Gasteiger partial charge in [0.2, 0.25) is 0 Å². The minimum atomic E-state index is -4.49. The van der Waals surface area contributed by atoms with Gasteiger partial charge < -0.3 is 9.53 Å². The maximum absolute atomic E-state index is 13.7. The zero-order chi connectivity index (χ0) is 29.8. The number of allylic oxidation sites excluding steroid dienone is 2. The van der Waals surface area contributed by atoms with Crippen molar-refractivity contribution >= 4 is 8.32 Å². The van der Waals surface area contributed by atoms with Gasteiger partial charge in [-0.15, -0.1) is 0 Å². The van der Waals surface area contributed by atoms with Gasteiger partial charge in [-0.05, 0) is 78.4 Å². The summed E-state index contributed by atoms with van der Waals surface area (Å²) in [5.41, 5.74) is 3.97. The molecular formula is C33H46F3NO2Si. The molecule has 0 spiro atoms. The van der Waals surface area contributed by atoms with Crippen molar-refractivity contribution in [1.29, 1.82) is 0 Å². The van der Waals surface area contributed by atoms with Crippen molar-refractivity contribution in [1.82, 2.24) is 4.98 Å². The number of fused-ring (bicyclic) bond motifs is 1. The predicted octanol–water partition coefficient (Wildman–Crippen LogP) is 9.77. The van der Waals surface area contributed by atoms with E-state index in [0.29, 0.717) is 5.56 Å².